The number of aromatic nitrogens is 3. The molecule has 4 heteroatoms. The third-order valence-corrected chi connectivity index (χ3v) is 3.46. The summed E-state index contributed by atoms with van der Waals surface area (Å²) in [5.74, 6) is 1.89. The normalized spacial score (nSPS) is 21.6. The number of aryl methyl sites for hydroxylation is 2. The van der Waals surface area contributed by atoms with Crippen molar-refractivity contribution in [2.24, 2.45) is 0 Å². The molecule has 0 radical (unpaired) electrons. The van der Waals surface area contributed by atoms with Gasteiger partial charge in [-0.3, -0.25) is 4.90 Å². The number of hydrogen-bond donors (Lipinski definition) is 0. The second-order valence-corrected chi connectivity index (χ2v) is 4.82. The molecule has 1 fully saturated rings. The Morgan fingerprint density at radius 1 is 1.41 bits per heavy atom. The fourth-order valence-corrected chi connectivity index (χ4v) is 2.61. The first kappa shape index (κ1) is 12.3. The molecule has 17 heavy (non-hydrogen) atoms. The number of hydrogen-bond acceptors (Lipinski definition) is 3. The topological polar surface area (TPSA) is 34.0 Å². The maximum Gasteiger partial charge on any atom is 0.147 e. The molecular weight excluding hydrogens is 212 g/mol. The molecule has 2 heterocycles. The molecule has 0 aromatic carbocycles. The maximum atomic E-state index is 4.45. The number of nitrogens with zero attached hydrogens (tertiary/aromatic N) is 4. The zero-order valence-corrected chi connectivity index (χ0v) is 10.9. The lowest BCUT2D eigenvalue weighted by molar-refractivity contribution is 0.144. The summed E-state index contributed by atoms with van der Waals surface area (Å²) in [5, 5.41) is 4.45. The van der Waals surface area contributed by atoms with E-state index in [9.17, 15) is 0 Å². The van der Waals surface area contributed by atoms with E-state index in [0.717, 1.165) is 24.7 Å². The zero-order valence-electron chi connectivity index (χ0n) is 10.9. The van der Waals surface area contributed by atoms with Crippen LogP contribution in [0, 0.1) is 13.8 Å². The fraction of sp³-hybridized carbons (Fsp3) is 0.692. The number of piperidine rings is 1. The summed E-state index contributed by atoms with van der Waals surface area (Å²) in [4.78, 5) is 6.87. The van der Waals surface area contributed by atoms with Crippen LogP contribution in [0.4, 0.5) is 0 Å². The van der Waals surface area contributed by atoms with Gasteiger partial charge in [0.1, 0.15) is 11.6 Å². The summed E-state index contributed by atoms with van der Waals surface area (Å²) in [6.07, 6.45) is 5.88. The molecule has 1 aliphatic heterocycles. The van der Waals surface area contributed by atoms with Gasteiger partial charge in [-0.2, -0.15) is 5.10 Å². The zero-order chi connectivity index (χ0) is 12.3. The molecule has 1 unspecified atom stereocenters. The Kier molecular flexibility index (Phi) is 3.94. The lowest BCUT2D eigenvalue weighted by atomic mass is 10.0. The van der Waals surface area contributed by atoms with E-state index in [1.165, 1.54) is 25.8 Å². The van der Waals surface area contributed by atoms with Gasteiger partial charge in [0.05, 0.1) is 6.54 Å². The first-order valence-corrected chi connectivity index (χ1v) is 6.43. The van der Waals surface area contributed by atoms with E-state index in [1.54, 1.807) is 0 Å². The molecule has 0 spiro atoms. The van der Waals surface area contributed by atoms with Crippen LogP contribution in [0.3, 0.4) is 0 Å². The molecule has 0 saturated carbocycles. The van der Waals surface area contributed by atoms with E-state index in [-0.39, 0.29) is 0 Å². The van der Waals surface area contributed by atoms with E-state index in [2.05, 4.69) is 21.6 Å². The fourth-order valence-electron chi connectivity index (χ4n) is 2.61. The molecule has 94 valence electrons. The smallest absolute Gasteiger partial charge is 0.147 e. The number of likely N-dealkylation sites (tertiary alicyclic amines) is 1. The molecule has 1 aromatic heterocycles. The van der Waals surface area contributed by atoms with Crippen LogP contribution in [0.5, 0.6) is 0 Å². The largest absolute Gasteiger partial charge is 0.295 e. The molecule has 1 aromatic rings. The van der Waals surface area contributed by atoms with Gasteiger partial charge in [-0.1, -0.05) is 12.5 Å². The van der Waals surface area contributed by atoms with Crippen LogP contribution in [0.2, 0.25) is 0 Å². The first-order chi connectivity index (χ1) is 8.20. The van der Waals surface area contributed by atoms with Crippen LogP contribution in [0.25, 0.3) is 0 Å². The van der Waals surface area contributed by atoms with Gasteiger partial charge in [0.25, 0.3) is 0 Å². The summed E-state index contributed by atoms with van der Waals surface area (Å²) >= 11 is 0. The molecule has 0 aliphatic carbocycles. The van der Waals surface area contributed by atoms with Crippen LogP contribution in [0.15, 0.2) is 12.7 Å². The summed E-state index contributed by atoms with van der Waals surface area (Å²) < 4.78 is 2.04. The maximum absolute atomic E-state index is 4.45. The summed E-state index contributed by atoms with van der Waals surface area (Å²) in [6, 6.07) is 0.585. The highest BCUT2D eigenvalue weighted by Gasteiger charge is 2.22. The second kappa shape index (κ2) is 5.45. The molecule has 1 aliphatic rings. The minimum Gasteiger partial charge on any atom is -0.295 e. The summed E-state index contributed by atoms with van der Waals surface area (Å²) in [7, 11) is 0. The molecule has 2 rings (SSSR count). The van der Waals surface area contributed by atoms with Crippen LogP contribution >= 0.6 is 0 Å². The molecular formula is C13H22N4. The minimum absolute atomic E-state index is 0.585. The molecule has 1 saturated heterocycles. The van der Waals surface area contributed by atoms with E-state index >= 15 is 0 Å². The third kappa shape index (κ3) is 2.94. The Balaban J connectivity index is 2.04. The Hall–Kier alpha value is -1.16. The van der Waals surface area contributed by atoms with Gasteiger partial charge >= 0.3 is 0 Å². The second-order valence-electron chi connectivity index (χ2n) is 4.82. The van der Waals surface area contributed by atoms with Crippen LogP contribution < -0.4 is 0 Å². The van der Waals surface area contributed by atoms with Gasteiger partial charge in [0.15, 0.2) is 0 Å². The van der Waals surface area contributed by atoms with Gasteiger partial charge in [-0.25, -0.2) is 9.67 Å². The predicted molar refractivity (Wildman–Crippen MR) is 68.9 cm³/mol. The van der Waals surface area contributed by atoms with Gasteiger partial charge in [0.2, 0.25) is 0 Å². The summed E-state index contributed by atoms with van der Waals surface area (Å²) in [5.41, 5.74) is 0. The van der Waals surface area contributed by atoms with E-state index in [1.807, 2.05) is 24.6 Å². The minimum atomic E-state index is 0.585. The third-order valence-electron chi connectivity index (χ3n) is 3.46. The van der Waals surface area contributed by atoms with E-state index < -0.39 is 0 Å². The lowest BCUT2D eigenvalue weighted by Gasteiger charge is -2.34. The highest BCUT2D eigenvalue weighted by atomic mass is 15.4. The summed E-state index contributed by atoms with van der Waals surface area (Å²) in [6.45, 7) is 10.9. The Labute approximate surface area is 103 Å². The van der Waals surface area contributed by atoms with Crippen molar-refractivity contribution >= 4 is 0 Å². The predicted octanol–water partition coefficient (Wildman–Crippen LogP) is 1.94. The molecule has 0 N–H and O–H groups in total. The highest BCUT2D eigenvalue weighted by Crippen LogP contribution is 2.18. The monoisotopic (exact) mass is 234 g/mol. The Morgan fingerprint density at radius 3 is 2.88 bits per heavy atom. The molecule has 0 amide bonds. The number of rotatable bonds is 4. The average Bonchev–Trinajstić information content (AvgIpc) is 2.61. The van der Waals surface area contributed by atoms with Gasteiger partial charge in [-0.15, -0.1) is 6.58 Å². The van der Waals surface area contributed by atoms with Gasteiger partial charge in [-0.05, 0) is 33.2 Å². The molecule has 1 atom stereocenters. The van der Waals surface area contributed by atoms with Crippen molar-refractivity contribution < 1.29 is 0 Å². The van der Waals surface area contributed by atoms with Crippen molar-refractivity contribution in [2.45, 2.75) is 45.7 Å². The van der Waals surface area contributed by atoms with Gasteiger partial charge in [0, 0.05) is 12.6 Å². The van der Waals surface area contributed by atoms with E-state index in [4.69, 9.17) is 0 Å². The van der Waals surface area contributed by atoms with Crippen molar-refractivity contribution in [1.29, 1.82) is 0 Å². The van der Waals surface area contributed by atoms with Crippen molar-refractivity contribution in [3.05, 3.63) is 24.3 Å². The quantitative estimate of drug-likeness (QED) is 0.747. The van der Waals surface area contributed by atoms with Crippen molar-refractivity contribution in [3.63, 3.8) is 0 Å². The molecule has 4 nitrogen and oxygen atoms in total. The van der Waals surface area contributed by atoms with Crippen molar-refractivity contribution in [2.75, 3.05) is 13.1 Å². The van der Waals surface area contributed by atoms with Crippen LogP contribution in [-0.2, 0) is 6.54 Å². The van der Waals surface area contributed by atoms with Crippen LogP contribution in [-0.4, -0.2) is 38.8 Å². The van der Waals surface area contributed by atoms with Crippen LogP contribution in [0.1, 0.15) is 30.9 Å². The lowest BCUT2D eigenvalue weighted by Crippen LogP contribution is -2.42. The highest BCUT2D eigenvalue weighted by molar-refractivity contribution is 4.90. The van der Waals surface area contributed by atoms with Gasteiger partial charge < -0.3 is 0 Å². The Bertz CT molecular complexity index is 383. The van der Waals surface area contributed by atoms with Crippen molar-refractivity contribution in [3.8, 4) is 0 Å². The standard InChI is InChI=1S/C13H22N4/c1-4-8-16-9-6-5-7-13(16)10-17-12(3)14-11(2)15-17/h4,13H,1,5-10H2,2-3H3. The Morgan fingerprint density at radius 2 is 2.24 bits per heavy atom. The first-order valence-electron chi connectivity index (χ1n) is 6.43. The van der Waals surface area contributed by atoms with E-state index in [0.29, 0.717) is 6.04 Å². The average molecular weight is 234 g/mol. The SMILES string of the molecule is C=CCN1CCCCC1Cn1nc(C)nc1C. The molecule has 0 bridgehead atoms. The van der Waals surface area contributed by atoms with Crippen molar-refractivity contribution in [1.82, 2.24) is 19.7 Å².